The molecule has 1 aromatic heterocycles. The van der Waals surface area contributed by atoms with Crippen LogP contribution in [0.1, 0.15) is 46.7 Å². The number of carbonyl (C=O) groups is 2. The van der Waals surface area contributed by atoms with Crippen molar-refractivity contribution in [2.75, 3.05) is 6.61 Å². The predicted octanol–water partition coefficient (Wildman–Crippen LogP) is 2.83. The summed E-state index contributed by atoms with van der Waals surface area (Å²) in [5.41, 5.74) is 2.11. The molecular formula is C18H17FIN3O3. The molecule has 1 atom stereocenters. The number of aromatic nitrogens is 2. The van der Waals surface area contributed by atoms with Crippen LogP contribution in [0, 0.1) is 9.39 Å². The highest BCUT2D eigenvalue weighted by atomic mass is 127. The minimum atomic E-state index is -0.957. The molecule has 6 nitrogen and oxygen atoms in total. The van der Waals surface area contributed by atoms with Gasteiger partial charge in [0.15, 0.2) is 6.04 Å². The molecule has 136 valence electrons. The molecule has 1 aromatic carbocycles. The van der Waals surface area contributed by atoms with Gasteiger partial charge in [-0.3, -0.25) is 4.79 Å². The van der Waals surface area contributed by atoms with Crippen molar-refractivity contribution in [2.24, 2.45) is 0 Å². The Morgan fingerprint density at radius 1 is 1.46 bits per heavy atom. The zero-order valence-corrected chi connectivity index (χ0v) is 16.3. The van der Waals surface area contributed by atoms with Crippen molar-refractivity contribution in [3.63, 3.8) is 0 Å². The summed E-state index contributed by atoms with van der Waals surface area (Å²) < 4.78 is 22.2. The lowest BCUT2D eigenvalue weighted by molar-refractivity contribution is -0.149. The first-order chi connectivity index (χ1) is 12.5. The lowest BCUT2D eigenvalue weighted by atomic mass is 10.1. The molecule has 0 fully saturated rings. The van der Waals surface area contributed by atoms with Crippen LogP contribution < -0.4 is 0 Å². The Bertz CT molecular complexity index is 911. The van der Waals surface area contributed by atoms with Crippen LogP contribution in [0.3, 0.4) is 0 Å². The number of nitrogens with zero attached hydrogens (tertiary/aromatic N) is 3. The summed E-state index contributed by atoms with van der Waals surface area (Å²) in [7, 11) is 0. The molecular weight excluding hydrogens is 452 g/mol. The molecule has 0 bridgehead atoms. The third-order valence-electron chi connectivity index (χ3n) is 4.85. The van der Waals surface area contributed by atoms with Gasteiger partial charge in [0.2, 0.25) is 0 Å². The number of aryl methyl sites for hydroxylation is 1. The fourth-order valence-electron chi connectivity index (χ4n) is 3.70. The molecule has 0 spiro atoms. The smallest absolute Gasteiger partial charge is 0.335 e. The van der Waals surface area contributed by atoms with E-state index in [0.29, 0.717) is 20.4 Å². The average molecular weight is 469 g/mol. The zero-order chi connectivity index (χ0) is 18.4. The summed E-state index contributed by atoms with van der Waals surface area (Å²) in [6.07, 6.45) is 3.47. The number of amides is 1. The number of esters is 1. The van der Waals surface area contributed by atoms with E-state index in [2.05, 4.69) is 4.98 Å². The summed E-state index contributed by atoms with van der Waals surface area (Å²) in [6, 6.07) is 2.09. The van der Waals surface area contributed by atoms with Crippen LogP contribution in [0.25, 0.3) is 0 Å². The molecule has 1 amide bonds. The molecule has 2 aliphatic rings. The fourth-order valence-corrected chi connectivity index (χ4v) is 4.29. The molecule has 2 aliphatic heterocycles. The van der Waals surface area contributed by atoms with Crippen LogP contribution in [-0.4, -0.2) is 32.9 Å². The van der Waals surface area contributed by atoms with Gasteiger partial charge in [-0.05, 0) is 54.5 Å². The van der Waals surface area contributed by atoms with E-state index >= 15 is 0 Å². The van der Waals surface area contributed by atoms with Crippen molar-refractivity contribution in [3.8, 4) is 0 Å². The number of hydrogen-bond donors (Lipinski definition) is 0. The van der Waals surface area contributed by atoms with Crippen molar-refractivity contribution >= 4 is 34.5 Å². The lowest BCUT2D eigenvalue weighted by Crippen LogP contribution is -2.36. The minimum absolute atomic E-state index is 0.0344. The maximum atomic E-state index is 14.4. The van der Waals surface area contributed by atoms with Crippen LogP contribution >= 0.6 is 22.6 Å². The molecule has 0 N–H and O–H groups in total. The van der Waals surface area contributed by atoms with Gasteiger partial charge >= 0.3 is 5.97 Å². The Labute approximate surface area is 163 Å². The summed E-state index contributed by atoms with van der Waals surface area (Å²) in [5, 5.41) is 0. The maximum Gasteiger partial charge on any atom is 0.335 e. The second-order valence-electron chi connectivity index (χ2n) is 6.37. The largest absolute Gasteiger partial charge is 0.464 e. The van der Waals surface area contributed by atoms with Crippen LogP contribution in [0.15, 0.2) is 18.5 Å². The van der Waals surface area contributed by atoms with E-state index in [-0.39, 0.29) is 19.1 Å². The lowest BCUT2D eigenvalue weighted by Gasteiger charge is -2.25. The molecule has 0 saturated heterocycles. The van der Waals surface area contributed by atoms with Gasteiger partial charge in [0.05, 0.1) is 25.2 Å². The number of imidazole rings is 1. The third kappa shape index (κ3) is 2.70. The van der Waals surface area contributed by atoms with Crippen LogP contribution in [0.2, 0.25) is 0 Å². The first kappa shape index (κ1) is 17.4. The van der Waals surface area contributed by atoms with Crippen molar-refractivity contribution in [1.29, 1.82) is 0 Å². The number of benzene rings is 1. The number of carbonyl (C=O) groups excluding carboxylic acids is 2. The number of rotatable bonds is 4. The van der Waals surface area contributed by atoms with Crippen LogP contribution in [-0.2, 0) is 29.0 Å². The minimum Gasteiger partial charge on any atom is -0.464 e. The summed E-state index contributed by atoms with van der Waals surface area (Å²) in [4.78, 5) is 31.5. The van der Waals surface area contributed by atoms with Gasteiger partial charge in [-0.15, -0.1) is 0 Å². The second kappa shape index (κ2) is 6.64. The monoisotopic (exact) mass is 469 g/mol. The third-order valence-corrected chi connectivity index (χ3v) is 5.47. The Hall–Kier alpha value is -1.97. The Morgan fingerprint density at radius 3 is 3.04 bits per heavy atom. The highest BCUT2D eigenvalue weighted by Gasteiger charge is 2.42. The van der Waals surface area contributed by atoms with E-state index < -0.39 is 17.8 Å². The van der Waals surface area contributed by atoms with Crippen molar-refractivity contribution < 1.29 is 18.7 Å². The van der Waals surface area contributed by atoms with E-state index in [9.17, 15) is 14.0 Å². The van der Waals surface area contributed by atoms with E-state index in [0.717, 1.165) is 25.1 Å². The van der Waals surface area contributed by atoms with E-state index in [1.807, 2.05) is 27.2 Å². The van der Waals surface area contributed by atoms with E-state index in [1.54, 1.807) is 19.3 Å². The molecule has 0 aliphatic carbocycles. The van der Waals surface area contributed by atoms with Gasteiger partial charge in [-0.1, -0.05) is 0 Å². The number of ether oxygens (including phenoxy) is 1. The van der Waals surface area contributed by atoms with Gasteiger partial charge in [-0.25, -0.2) is 14.2 Å². The van der Waals surface area contributed by atoms with E-state index in [1.165, 1.54) is 11.0 Å². The summed E-state index contributed by atoms with van der Waals surface area (Å²) in [5.74, 6) is -1.33. The Kier molecular flexibility index (Phi) is 4.45. The molecule has 26 heavy (non-hydrogen) atoms. The topological polar surface area (TPSA) is 64.4 Å². The quantitative estimate of drug-likeness (QED) is 0.511. The van der Waals surface area contributed by atoms with Gasteiger partial charge in [0.25, 0.3) is 5.91 Å². The molecule has 8 heteroatoms. The summed E-state index contributed by atoms with van der Waals surface area (Å²) in [6.45, 7) is 2.80. The summed E-state index contributed by atoms with van der Waals surface area (Å²) >= 11 is 1.98. The van der Waals surface area contributed by atoms with E-state index in [4.69, 9.17) is 4.74 Å². The Morgan fingerprint density at radius 2 is 2.27 bits per heavy atom. The van der Waals surface area contributed by atoms with Crippen molar-refractivity contribution in [3.05, 3.63) is 50.4 Å². The highest BCUT2D eigenvalue weighted by Crippen LogP contribution is 2.36. The van der Waals surface area contributed by atoms with Gasteiger partial charge < -0.3 is 14.2 Å². The SMILES string of the molecule is CCOC(=O)C(c1ncn2c1CCC2)N1Cc2c(F)cc(I)cc2C1=O. The molecule has 1 unspecified atom stereocenters. The zero-order valence-electron chi connectivity index (χ0n) is 14.2. The van der Waals surface area contributed by atoms with Crippen molar-refractivity contribution in [2.45, 2.75) is 38.9 Å². The highest BCUT2D eigenvalue weighted by molar-refractivity contribution is 14.1. The predicted molar refractivity (Wildman–Crippen MR) is 98.9 cm³/mol. The van der Waals surface area contributed by atoms with Crippen LogP contribution in [0.5, 0.6) is 0 Å². The molecule has 3 heterocycles. The Balaban J connectivity index is 1.77. The standard InChI is InChI=1S/C18H17FIN3O3/c1-2-26-18(25)16(15-14-4-3-5-22(14)9-21-15)23-8-12-11(17(23)24)6-10(20)7-13(12)19/h6-7,9,16H,2-5,8H2,1H3. The molecule has 4 rings (SSSR count). The fraction of sp³-hybridized carbons (Fsp3) is 0.389. The molecule has 2 aromatic rings. The van der Waals surface area contributed by atoms with Gasteiger partial charge in [-0.2, -0.15) is 0 Å². The van der Waals surface area contributed by atoms with Gasteiger partial charge in [0.1, 0.15) is 5.82 Å². The number of fused-ring (bicyclic) bond motifs is 2. The van der Waals surface area contributed by atoms with Crippen LogP contribution in [0.4, 0.5) is 4.39 Å². The van der Waals surface area contributed by atoms with Gasteiger partial charge in [0, 0.05) is 26.9 Å². The van der Waals surface area contributed by atoms with Crippen molar-refractivity contribution in [1.82, 2.24) is 14.5 Å². The molecule has 0 saturated carbocycles. The first-order valence-corrected chi connectivity index (χ1v) is 9.58. The normalized spacial score (nSPS) is 16.6. The average Bonchev–Trinajstić information content (AvgIpc) is 3.26. The molecule has 0 radical (unpaired) electrons. The number of hydrogen-bond acceptors (Lipinski definition) is 4. The number of halogens is 2. The first-order valence-electron chi connectivity index (χ1n) is 8.50. The second-order valence-corrected chi connectivity index (χ2v) is 7.62. The maximum absolute atomic E-state index is 14.4.